The van der Waals surface area contributed by atoms with Crippen molar-refractivity contribution in [3.63, 3.8) is 0 Å². The van der Waals surface area contributed by atoms with Crippen molar-refractivity contribution in [3.05, 3.63) is 40.8 Å². The molecule has 0 radical (unpaired) electrons. The molecule has 1 N–H and O–H groups in total. The summed E-state index contributed by atoms with van der Waals surface area (Å²) in [5.74, 6) is 0.187. The van der Waals surface area contributed by atoms with Crippen molar-refractivity contribution in [3.8, 4) is 17.0 Å². The molecule has 2 aromatic rings. The Kier molecular flexibility index (Phi) is 4.59. The number of ether oxygens (including phenoxy) is 2. The molecular formula is C13H11F3N2O2S. The molecule has 0 unspecified atom stereocenters. The van der Waals surface area contributed by atoms with Gasteiger partial charge in [-0.25, -0.2) is 4.98 Å². The second-order valence-corrected chi connectivity index (χ2v) is 4.51. The highest BCUT2D eigenvalue weighted by molar-refractivity contribution is 7.71. The molecule has 2 rings (SSSR count). The highest BCUT2D eigenvalue weighted by atomic mass is 32.1. The van der Waals surface area contributed by atoms with Crippen LogP contribution in [0.5, 0.6) is 5.75 Å². The average molecular weight is 316 g/mol. The fourth-order valence-corrected chi connectivity index (χ4v) is 1.96. The predicted octanol–water partition coefficient (Wildman–Crippen LogP) is 3.85. The zero-order chi connectivity index (χ0) is 15.5. The van der Waals surface area contributed by atoms with Crippen molar-refractivity contribution >= 4 is 12.2 Å². The molecule has 0 saturated carbocycles. The van der Waals surface area contributed by atoms with Gasteiger partial charge in [0.2, 0.25) is 0 Å². The largest absolute Gasteiger partial charge is 0.573 e. The maximum absolute atomic E-state index is 12.2. The molecule has 4 nitrogen and oxygen atoms in total. The quantitative estimate of drug-likeness (QED) is 0.870. The minimum Gasteiger partial charge on any atom is -0.406 e. The van der Waals surface area contributed by atoms with Gasteiger partial charge in [-0.15, -0.1) is 13.2 Å². The third-order valence-electron chi connectivity index (χ3n) is 2.45. The highest BCUT2D eigenvalue weighted by Crippen LogP contribution is 2.27. The molecule has 0 amide bonds. The van der Waals surface area contributed by atoms with Gasteiger partial charge >= 0.3 is 6.36 Å². The molecule has 21 heavy (non-hydrogen) atoms. The number of halogens is 3. The van der Waals surface area contributed by atoms with E-state index in [1.807, 2.05) is 0 Å². The maximum Gasteiger partial charge on any atom is 0.573 e. The van der Waals surface area contributed by atoms with Crippen molar-refractivity contribution < 1.29 is 22.6 Å². The van der Waals surface area contributed by atoms with Crippen LogP contribution in [0.4, 0.5) is 13.2 Å². The summed E-state index contributed by atoms with van der Waals surface area (Å²) >= 11 is 5.02. The van der Waals surface area contributed by atoms with E-state index in [0.717, 1.165) is 0 Å². The number of rotatable bonds is 4. The Morgan fingerprint density at radius 1 is 1.29 bits per heavy atom. The molecule has 1 aromatic heterocycles. The van der Waals surface area contributed by atoms with Crippen molar-refractivity contribution in [1.82, 2.24) is 9.97 Å². The number of H-pyrrole nitrogens is 1. The van der Waals surface area contributed by atoms with Crippen LogP contribution in [0.15, 0.2) is 30.3 Å². The van der Waals surface area contributed by atoms with E-state index in [9.17, 15) is 13.2 Å². The van der Waals surface area contributed by atoms with E-state index in [4.69, 9.17) is 17.0 Å². The number of nitrogens with zero attached hydrogens (tertiary/aromatic N) is 1. The van der Waals surface area contributed by atoms with E-state index in [2.05, 4.69) is 14.7 Å². The summed E-state index contributed by atoms with van der Waals surface area (Å²) in [6.07, 6.45) is -4.73. The third kappa shape index (κ3) is 4.54. The van der Waals surface area contributed by atoms with Gasteiger partial charge in [-0.1, -0.05) is 24.4 Å². The molecule has 0 aliphatic heterocycles. The summed E-state index contributed by atoms with van der Waals surface area (Å²) in [7, 11) is 1.50. The fourth-order valence-electron chi connectivity index (χ4n) is 1.73. The van der Waals surface area contributed by atoms with Crippen LogP contribution in [0.25, 0.3) is 11.3 Å². The lowest BCUT2D eigenvalue weighted by Gasteiger charge is -2.10. The molecule has 0 spiro atoms. The molecule has 0 atom stereocenters. The number of aromatic amines is 1. The molecular weight excluding hydrogens is 305 g/mol. The molecule has 0 fully saturated rings. The second kappa shape index (κ2) is 6.23. The Balaban J connectivity index is 2.38. The Bertz CT molecular complexity index is 686. The highest BCUT2D eigenvalue weighted by Gasteiger charge is 2.31. The Morgan fingerprint density at radius 2 is 2.05 bits per heavy atom. The van der Waals surface area contributed by atoms with Gasteiger partial charge in [-0.2, -0.15) is 0 Å². The van der Waals surface area contributed by atoms with Crippen LogP contribution >= 0.6 is 12.2 Å². The molecule has 0 aliphatic carbocycles. The van der Waals surface area contributed by atoms with Gasteiger partial charge in [0.15, 0.2) is 0 Å². The topological polar surface area (TPSA) is 47.1 Å². The lowest BCUT2D eigenvalue weighted by Crippen LogP contribution is -2.17. The van der Waals surface area contributed by atoms with Gasteiger partial charge in [0, 0.05) is 18.4 Å². The zero-order valence-corrected chi connectivity index (χ0v) is 11.7. The van der Waals surface area contributed by atoms with Crippen molar-refractivity contribution in [1.29, 1.82) is 0 Å². The molecule has 0 saturated heterocycles. The Morgan fingerprint density at radius 3 is 2.71 bits per heavy atom. The summed E-state index contributed by atoms with van der Waals surface area (Å²) in [4.78, 5) is 7.01. The van der Waals surface area contributed by atoms with E-state index in [1.165, 1.54) is 25.3 Å². The number of hydrogen-bond acceptors (Lipinski definition) is 4. The number of alkyl halides is 3. The summed E-state index contributed by atoms with van der Waals surface area (Å²) in [6, 6.07) is 7.15. The zero-order valence-electron chi connectivity index (χ0n) is 10.9. The monoisotopic (exact) mass is 316 g/mol. The van der Waals surface area contributed by atoms with Gasteiger partial charge < -0.3 is 14.5 Å². The first-order valence-electron chi connectivity index (χ1n) is 5.83. The van der Waals surface area contributed by atoms with Crippen LogP contribution in [0, 0.1) is 4.64 Å². The molecule has 112 valence electrons. The first-order valence-corrected chi connectivity index (χ1v) is 6.23. The third-order valence-corrected chi connectivity index (χ3v) is 2.66. The Labute approximate surface area is 123 Å². The minimum absolute atomic E-state index is 0.218. The van der Waals surface area contributed by atoms with Gasteiger partial charge in [0.25, 0.3) is 0 Å². The lowest BCUT2D eigenvalue weighted by molar-refractivity contribution is -0.274. The molecule has 1 aromatic carbocycles. The number of aromatic nitrogens is 2. The predicted molar refractivity (Wildman–Crippen MR) is 72.3 cm³/mol. The van der Waals surface area contributed by atoms with Crippen molar-refractivity contribution in [2.45, 2.75) is 13.0 Å². The maximum atomic E-state index is 12.2. The van der Waals surface area contributed by atoms with Gasteiger partial charge in [-0.05, 0) is 18.2 Å². The SMILES string of the molecule is COCc1nc(=S)cc(-c2cccc(OC(F)(F)F)c2)[nH]1. The number of nitrogens with one attached hydrogen (secondary N) is 1. The van der Waals surface area contributed by atoms with E-state index in [-0.39, 0.29) is 12.4 Å². The minimum atomic E-state index is -4.73. The number of benzene rings is 1. The van der Waals surface area contributed by atoms with E-state index < -0.39 is 6.36 Å². The molecule has 0 aliphatic rings. The number of hydrogen-bond donors (Lipinski definition) is 1. The first-order chi connectivity index (χ1) is 9.87. The molecule has 0 bridgehead atoms. The van der Waals surface area contributed by atoms with E-state index >= 15 is 0 Å². The molecule has 8 heteroatoms. The summed E-state index contributed by atoms with van der Waals surface area (Å²) in [5, 5.41) is 0. The van der Waals surface area contributed by atoms with Crippen LogP contribution in [-0.4, -0.2) is 23.4 Å². The molecule has 1 heterocycles. The standard InChI is InChI=1S/C13H11F3N2O2S/c1-19-7-11-17-10(6-12(21)18-11)8-3-2-4-9(5-8)20-13(14,15)16/h2-6H,7H2,1H3,(H,17,18,21). The van der Waals surface area contributed by atoms with Crippen LogP contribution < -0.4 is 4.74 Å². The van der Waals surface area contributed by atoms with E-state index in [0.29, 0.717) is 21.7 Å². The summed E-state index contributed by atoms with van der Waals surface area (Å²) < 4.78 is 45.9. The van der Waals surface area contributed by atoms with Crippen molar-refractivity contribution in [2.75, 3.05) is 7.11 Å². The van der Waals surface area contributed by atoms with Crippen molar-refractivity contribution in [2.24, 2.45) is 0 Å². The lowest BCUT2D eigenvalue weighted by atomic mass is 10.1. The smallest absolute Gasteiger partial charge is 0.406 e. The van der Waals surface area contributed by atoms with Gasteiger partial charge in [0.1, 0.15) is 22.8 Å². The normalized spacial score (nSPS) is 11.4. The second-order valence-electron chi connectivity index (χ2n) is 4.09. The first kappa shape index (κ1) is 15.5. The van der Waals surface area contributed by atoms with Crippen LogP contribution in [0.2, 0.25) is 0 Å². The van der Waals surface area contributed by atoms with Crippen LogP contribution in [0.1, 0.15) is 5.82 Å². The van der Waals surface area contributed by atoms with Gasteiger partial charge in [-0.3, -0.25) is 0 Å². The Hall–Kier alpha value is -1.93. The fraction of sp³-hybridized carbons (Fsp3) is 0.231. The summed E-state index contributed by atoms with van der Waals surface area (Å²) in [6.45, 7) is 0.218. The number of methoxy groups -OCH3 is 1. The van der Waals surface area contributed by atoms with Crippen LogP contribution in [-0.2, 0) is 11.3 Å². The summed E-state index contributed by atoms with van der Waals surface area (Å²) in [5.41, 5.74) is 1.04. The van der Waals surface area contributed by atoms with E-state index in [1.54, 1.807) is 12.1 Å². The van der Waals surface area contributed by atoms with Gasteiger partial charge in [0.05, 0.1) is 0 Å². The average Bonchev–Trinajstić information content (AvgIpc) is 2.36. The van der Waals surface area contributed by atoms with Crippen LogP contribution in [0.3, 0.4) is 0 Å².